The largest absolute Gasteiger partial charge is 0.299 e. The first-order valence-electron chi connectivity index (χ1n) is 5.93. The molecule has 1 heteroatoms. The molecule has 1 nitrogen and oxygen atoms in total. The van der Waals surface area contributed by atoms with Gasteiger partial charge in [-0.2, -0.15) is 0 Å². The van der Waals surface area contributed by atoms with Gasteiger partial charge in [0.15, 0.2) is 0 Å². The van der Waals surface area contributed by atoms with Gasteiger partial charge in [-0.3, -0.25) is 4.90 Å². The van der Waals surface area contributed by atoms with Crippen LogP contribution >= 0.6 is 0 Å². The lowest BCUT2D eigenvalue weighted by molar-refractivity contribution is 0.371. The molecule has 0 aromatic rings. The fraction of sp³-hybridized carbons (Fsp3) is 0.571. The zero-order valence-electron chi connectivity index (χ0n) is 10.6. The minimum Gasteiger partial charge on any atom is -0.299 e. The van der Waals surface area contributed by atoms with E-state index in [0.717, 1.165) is 12.1 Å². The van der Waals surface area contributed by atoms with Crippen molar-refractivity contribution in [1.82, 2.24) is 4.90 Å². The van der Waals surface area contributed by atoms with Crippen LogP contribution in [0.5, 0.6) is 0 Å². The van der Waals surface area contributed by atoms with Crippen LogP contribution in [0.2, 0.25) is 0 Å². The Hall–Kier alpha value is -0.820. The lowest BCUT2D eigenvalue weighted by Crippen LogP contribution is -2.21. The molecule has 1 rings (SSSR count). The summed E-state index contributed by atoms with van der Waals surface area (Å²) in [5, 5.41) is 0. The van der Waals surface area contributed by atoms with Gasteiger partial charge in [0.1, 0.15) is 0 Å². The number of likely N-dealkylation sites (tertiary alicyclic amines) is 1. The molecule has 0 aromatic carbocycles. The Bertz CT molecular complexity index is 219. The molecule has 0 unspecified atom stereocenters. The van der Waals surface area contributed by atoms with Crippen LogP contribution in [-0.2, 0) is 0 Å². The zero-order valence-corrected chi connectivity index (χ0v) is 10.6. The fourth-order valence-corrected chi connectivity index (χ4v) is 1.68. The molecule has 0 aliphatic carbocycles. The first kappa shape index (κ1) is 14.2. The third-order valence-corrected chi connectivity index (χ3v) is 2.30. The van der Waals surface area contributed by atoms with E-state index in [9.17, 15) is 0 Å². The van der Waals surface area contributed by atoms with Crippen molar-refractivity contribution in [3.05, 3.63) is 36.5 Å². The van der Waals surface area contributed by atoms with Gasteiger partial charge in [-0.05, 0) is 38.4 Å². The normalized spacial score (nSPS) is 16.9. The van der Waals surface area contributed by atoms with E-state index in [1.165, 1.54) is 31.5 Å². The molecule has 0 amide bonds. The summed E-state index contributed by atoms with van der Waals surface area (Å²) in [6.45, 7) is 17.2. The first-order chi connectivity index (χ1) is 7.22. The number of rotatable bonds is 4. The van der Waals surface area contributed by atoms with Crippen molar-refractivity contribution in [3.63, 3.8) is 0 Å². The molecule has 86 valence electrons. The molecule has 1 fully saturated rings. The van der Waals surface area contributed by atoms with E-state index >= 15 is 0 Å². The molecular formula is C14H25N. The van der Waals surface area contributed by atoms with Crippen LogP contribution in [0.1, 0.15) is 33.6 Å². The average Bonchev–Trinajstić information content (AvgIpc) is 2.72. The second kappa shape index (κ2) is 8.49. The van der Waals surface area contributed by atoms with Crippen molar-refractivity contribution in [2.24, 2.45) is 0 Å². The van der Waals surface area contributed by atoms with E-state index in [1.54, 1.807) is 0 Å². The topological polar surface area (TPSA) is 3.24 Å². The Balaban J connectivity index is 0.000000921. The van der Waals surface area contributed by atoms with Crippen molar-refractivity contribution in [3.8, 4) is 0 Å². The van der Waals surface area contributed by atoms with Crippen LogP contribution in [0.3, 0.4) is 0 Å². The van der Waals surface area contributed by atoms with Gasteiger partial charge >= 0.3 is 0 Å². The van der Waals surface area contributed by atoms with Crippen molar-refractivity contribution in [2.75, 3.05) is 19.6 Å². The maximum Gasteiger partial charge on any atom is 0.0233 e. The lowest BCUT2D eigenvalue weighted by atomic mass is 10.2. The van der Waals surface area contributed by atoms with Crippen LogP contribution < -0.4 is 0 Å². The van der Waals surface area contributed by atoms with Crippen LogP contribution in [0.25, 0.3) is 0 Å². The standard InChI is InChI=1S/C12H19N.C2H6/c1-4-12(9-11(2)3)10-13-7-5-6-8-13;1-2/h4,9H,1-2,5-8,10H2,3H3;1-2H3/b12-9+;. The molecule has 1 saturated heterocycles. The highest BCUT2D eigenvalue weighted by Gasteiger charge is 2.11. The molecule has 0 N–H and O–H groups in total. The van der Waals surface area contributed by atoms with Gasteiger partial charge in [-0.25, -0.2) is 0 Å². The summed E-state index contributed by atoms with van der Waals surface area (Å²) in [5.74, 6) is 0. The Morgan fingerprint density at radius 3 is 2.20 bits per heavy atom. The summed E-state index contributed by atoms with van der Waals surface area (Å²) in [6.07, 6.45) is 6.74. The van der Waals surface area contributed by atoms with Crippen molar-refractivity contribution in [1.29, 1.82) is 0 Å². The molecule has 15 heavy (non-hydrogen) atoms. The third kappa shape index (κ3) is 6.29. The molecule has 0 radical (unpaired) electrons. The zero-order chi connectivity index (χ0) is 11.7. The summed E-state index contributed by atoms with van der Waals surface area (Å²) in [7, 11) is 0. The third-order valence-electron chi connectivity index (χ3n) is 2.30. The predicted molar refractivity (Wildman–Crippen MR) is 70.1 cm³/mol. The predicted octanol–water partition coefficient (Wildman–Crippen LogP) is 3.80. The highest BCUT2D eigenvalue weighted by atomic mass is 15.1. The van der Waals surface area contributed by atoms with E-state index in [4.69, 9.17) is 0 Å². The minimum atomic E-state index is 1.04. The van der Waals surface area contributed by atoms with Crippen LogP contribution in [0.4, 0.5) is 0 Å². The Kier molecular flexibility index (Phi) is 8.02. The first-order valence-corrected chi connectivity index (χ1v) is 5.93. The average molecular weight is 207 g/mol. The van der Waals surface area contributed by atoms with E-state index < -0.39 is 0 Å². The lowest BCUT2D eigenvalue weighted by Gasteiger charge is -2.14. The molecule has 1 aliphatic heterocycles. The molecule has 1 aliphatic rings. The number of allylic oxidation sites excluding steroid dienone is 2. The van der Waals surface area contributed by atoms with Crippen molar-refractivity contribution in [2.45, 2.75) is 33.6 Å². The molecule has 0 bridgehead atoms. The molecule has 0 saturated carbocycles. The van der Waals surface area contributed by atoms with E-state index in [-0.39, 0.29) is 0 Å². The second-order valence-electron chi connectivity index (χ2n) is 3.75. The van der Waals surface area contributed by atoms with Gasteiger partial charge in [0, 0.05) is 6.54 Å². The molecule has 0 atom stereocenters. The Morgan fingerprint density at radius 1 is 1.27 bits per heavy atom. The highest BCUT2D eigenvalue weighted by Crippen LogP contribution is 2.11. The highest BCUT2D eigenvalue weighted by molar-refractivity contribution is 5.27. The SMILES string of the molecule is C=C/C(=C\C(=C)C)CN1CCCC1.CC. The smallest absolute Gasteiger partial charge is 0.0233 e. The van der Waals surface area contributed by atoms with Gasteiger partial charge in [0.05, 0.1) is 0 Å². The van der Waals surface area contributed by atoms with Crippen LogP contribution in [-0.4, -0.2) is 24.5 Å². The molecule has 1 heterocycles. The van der Waals surface area contributed by atoms with Crippen molar-refractivity contribution < 1.29 is 0 Å². The van der Waals surface area contributed by atoms with E-state index in [1.807, 2.05) is 26.8 Å². The monoisotopic (exact) mass is 207 g/mol. The Morgan fingerprint density at radius 2 is 1.80 bits per heavy atom. The summed E-state index contributed by atoms with van der Waals surface area (Å²) in [5.41, 5.74) is 2.39. The second-order valence-corrected chi connectivity index (χ2v) is 3.75. The summed E-state index contributed by atoms with van der Waals surface area (Å²) in [4.78, 5) is 2.47. The van der Waals surface area contributed by atoms with Gasteiger partial charge in [0.25, 0.3) is 0 Å². The van der Waals surface area contributed by atoms with Gasteiger partial charge in [0.2, 0.25) is 0 Å². The molecule has 0 aromatic heterocycles. The quantitative estimate of drug-likeness (QED) is 0.634. The summed E-state index contributed by atoms with van der Waals surface area (Å²) >= 11 is 0. The molecular weight excluding hydrogens is 182 g/mol. The van der Waals surface area contributed by atoms with Crippen LogP contribution in [0.15, 0.2) is 36.5 Å². The van der Waals surface area contributed by atoms with E-state index in [0.29, 0.717) is 0 Å². The maximum atomic E-state index is 3.87. The van der Waals surface area contributed by atoms with E-state index in [2.05, 4.69) is 24.1 Å². The number of hydrogen-bond donors (Lipinski definition) is 0. The summed E-state index contributed by atoms with van der Waals surface area (Å²) < 4.78 is 0. The number of hydrogen-bond acceptors (Lipinski definition) is 1. The van der Waals surface area contributed by atoms with Gasteiger partial charge in [-0.1, -0.05) is 44.7 Å². The molecule has 0 spiro atoms. The maximum absolute atomic E-state index is 3.87. The van der Waals surface area contributed by atoms with Gasteiger partial charge < -0.3 is 0 Å². The van der Waals surface area contributed by atoms with Crippen molar-refractivity contribution >= 4 is 0 Å². The van der Waals surface area contributed by atoms with Crippen LogP contribution in [0, 0.1) is 0 Å². The summed E-state index contributed by atoms with van der Waals surface area (Å²) in [6, 6.07) is 0. The number of nitrogens with zero attached hydrogens (tertiary/aromatic N) is 1. The minimum absolute atomic E-state index is 1.04. The Labute approximate surface area is 95.2 Å². The fourth-order valence-electron chi connectivity index (χ4n) is 1.68. The van der Waals surface area contributed by atoms with Gasteiger partial charge in [-0.15, -0.1) is 0 Å².